The summed E-state index contributed by atoms with van der Waals surface area (Å²) in [5.41, 5.74) is 0. The first-order valence-electron chi connectivity index (χ1n) is 2.04. The molecular formula is C4H9ClF2S. The van der Waals surface area contributed by atoms with Crippen LogP contribution in [0.15, 0.2) is 0 Å². The van der Waals surface area contributed by atoms with Crippen LogP contribution in [0.2, 0.25) is 0 Å². The maximum atomic E-state index is 11.8. The Morgan fingerprint density at radius 1 is 1.50 bits per heavy atom. The van der Waals surface area contributed by atoms with E-state index in [4.69, 9.17) is 11.6 Å². The highest BCUT2D eigenvalue weighted by molar-refractivity contribution is 8.33. The third-order valence-corrected chi connectivity index (χ3v) is 3.98. The van der Waals surface area contributed by atoms with E-state index in [0.29, 0.717) is 0 Å². The molecule has 0 spiro atoms. The third-order valence-electron chi connectivity index (χ3n) is 0.764. The second kappa shape index (κ2) is 2.87. The first kappa shape index (κ1) is 8.50. The molecule has 0 radical (unpaired) electrons. The Morgan fingerprint density at radius 3 is 1.88 bits per heavy atom. The number of halogens is 3. The Hall–Kier alpha value is 0.500. The van der Waals surface area contributed by atoms with Crippen molar-refractivity contribution in [2.45, 2.75) is 5.76 Å². The summed E-state index contributed by atoms with van der Waals surface area (Å²) < 4.78 is 23.5. The molecule has 4 heteroatoms. The summed E-state index contributed by atoms with van der Waals surface area (Å²) in [6.45, 7) is 0. The first-order chi connectivity index (χ1) is 3.50. The van der Waals surface area contributed by atoms with Crippen molar-refractivity contribution >= 4 is 21.6 Å². The van der Waals surface area contributed by atoms with E-state index in [1.54, 1.807) is 0 Å². The lowest BCUT2D eigenvalue weighted by molar-refractivity contribution is 0.247. The monoisotopic (exact) mass is 162 g/mol. The average molecular weight is 163 g/mol. The Labute approximate surface area is 54.5 Å². The predicted octanol–water partition coefficient (Wildman–Crippen LogP) is 2.47. The SMILES string of the molecule is CS(C)(CCl)C(F)F. The molecule has 0 N–H and O–H groups in total. The quantitative estimate of drug-likeness (QED) is 0.548. The molecule has 8 heavy (non-hydrogen) atoms. The number of hydrogen-bond donors (Lipinski definition) is 0. The number of hydrogen-bond acceptors (Lipinski definition) is 0. The van der Waals surface area contributed by atoms with E-state index in [1.807, 2.05) is 0 Å². The highest BCUT2D eigenvalue weighted by Gasteiger charge is 2.21. The molecule has 0 nitrogen and oxygen atoms in total. The Kier molecular flexibility index (Phi) is 3.05. The van der Waals surface area contributed by atoms with Crippen LogP contribution >= 0.6 is 21.6 Å². The summed E-state index contributed by atoms with van der Waals surface area (Å²) in [6.07, 6.45) is 3.04. The van der Waals surface area contributed by atoms with Crippen LogP contribution in [0.4, 0.5) is 8.78 Å². The van der Waals surface area contributed by atoms with Gasteiger partial charge in [-0.1, -0.05) is 0 Å². The van der Waals surface area contributed by atoms with Gasteiger partial charge in [-0.3, -0.25) is 0 Å². The zero-order valence-electron chi connectivity index (χ0n) is 4.83. The zero-order valence-corrected chi connectivity index (χ0v) is 6.40. The van der Waals surface area contributed by atoms with Gasteiger partial charge in [0, 0.05) is 0 Å². The number of alkyl halides is 3. The minimum atomic E-state index is -2.24. The minimum Gasteiger partial charge on any atom is -0.200 e. The van der Waals surface area contributed by atoms with Crippen molar-refractivity contribution in [2.24, 2.45) is 0 Å². The van der Waals surface area contributed by atoms with Crippen LogP contribution in [-0.2, 0) is 0 Å². The van der Waals surface area contributed by atoms with Crippen molar-refractivity contribution in [1.29, 1.82) is 0 Å². The van der Waals surface area contributed by atoms with Crippen molar-refractivity contribution < 1.29 is 8.78 Å². The van der Waals surface area contributed by atoms with Crippen LogP contribution in [0, 0.1) is 0 Å². The second-order valence-corrected chi connectivity index (χ2v) is 6.47. The molecule has 0 amide bonds. The van der Waals surface area contributed by atoms with Gasteiger partial charge in [-0.25, -0.2) is 0 Å². The second-order valence-electron chi connectivity index (χ2n) is 1.99. The minimum absolute atomic E-state index is 0.0880. The molecule has 0 aliphatic rings. The highest BCUT2D eigenvalue weighted by atomic mass is 35.5. The van der Waals surface area contributed by atoms with Gasteiger partial charge in [-0.2, -0.15) is 18.8 Å². The molecule has 0 saturated carbocycles. The molecule has 0 aromatic carbocycles. The largest absolute Gasteiger partial charge is 0.270 e. The molecular weight excluding hydrogens is 154 g/mol. The number of rotatable bonds is 2. The first-order valence-corrected chi connectivity index (χ1v) is 5.26. The van der Waals surface area contributed by atoms with Gasteiger partial charge in [-0.05, 0) is 12.5 Å². The molecule has 0 aliphatic heterocycles. The standard InChI is InChI=1S/C4H9ClF2S/c1-8(2,3-5)4(6)7/h4H,3H2,1-2H3. The fourth-order valence-corrected chi connectivity index (χ4v) is 0.429. The molecule has 0 fully saturated rings. The van der Waals surface area contributed by atoms with Gasteiger partial charge in [-0.15, -0.1) is 11.6 Å². The van der Waals surface area contributed by atoms with E-state index in [9.17, 15) is 8.78 Å². The highest BCUT2D eigenvalue weighted by Crippen LogP contribution is 2.47. The topological polar surface area (TPSA) is 0 Å². The molecule has 0 unspecified atom stereocenters. The molecule has 0 aliphatic carbocycles. The third kappa shape index (κ3) is 2.18. The normalized spacial score (nSPS) is 14.8. The van der Waals surface area contributed by atoms with E-state index in [2.05, 4.69) is 0 Å². The van der Waals surface area contributed by atoms with Crippen LogP contribution in [0.1, 0.15) is 0 Å². The molecule has 0 heterocycles. The van der Waals surface area contributed by atoms with Gasteiger partial charge in [0.15, 0.2) is 0 Å². The van der Waals surface area contributed by atoms with Crippen molar-refractivity contribution in [3.8, 4) is 0 Å². The van der Waals surface area contributed by atoms with Crippen LogP contribution in [0.25, 0.3) is 0 Å². The Balaban J connectivity index is 3.71. The van der Waals surface area contributed by atoms with E-state index in [1.165, 1.54) is 12.5 Å². The van der Waals surface area contributed by atoms with E-state index in [-0.39, 0.29) is 5.21 Å². The van der Waals surface area contributed by atoms with Crippen LogP contribution < -0.4 is 0 Å². The van der Waals surface area contributed by atoms with Gasteiger partial charge in [0.05, 0.1) is 5.21 Å². The van der Waals surface area contributed by atoms with Gasteiger partial charge >= 0.3 is 0 Å². The van der Waals surface area contributed by atoms with E-state index in [0.717, 1.165) is 0 Å². The van der Waals surface area contributed by atoms with Crippen molar-refractivity contribution in [1.82, 2.24) is 0 Å². The lowest BCUT2D eigenvalue weighted by Crippen LogP contribution is -2.06. The van der Waals surface area contributed by atoms with Gasteiger partial charge < -0.3 is 0 Å². The zero-order chi connectivity index (χ0) is 6.78. The molecule has 0 bridgehead atoms. The summed E-state index contributed by atoms with van der Waals surface area (Å²) in [4.78, 5) is 0. The smallest absolute Gasteiger partial charge is 0.200 e. The lowest BCUT2D eigenvalue weighted by atomic mass is 11.7. The molecule has 0 aromatic rings. The summed E-state index contributed by atoms with van der Waals surface area (Å²) in [5, 5.41) is 0.0880. The van der Waals surface area contributed by atoms with Crippen molar-refractivity contribution in [3.05, 3.63) is 0 Å². The van der Waals surface area contributed by atoms with Crippen molar-refractivity contribution in [3.63, 3.8) is 0 Å². The lowest BCUT2D eigenvalue weighted by Gasteiger charge is -2.26. The van der Waals surface area contributed by atoms with Gasteiger partial charge in [0.25, 0.3) is 5.76 Å². The Bertz CT molecular complexity index is 74.4. The molecule has 0 atom stereocenters. The molecule has 0 rings (SSSR count). The summed E-state index contributed by atoms with van der Waals surface area (Å²) >= 11 is 5.25. The maximum absolute atomic E-state index is 11.8. The molecule has 0 saturated heterocycles. The summed E-state index contributed by atoms with van der Waals surface area (Å²) in [6, 6.07) is 0. The molecule has 0 aromatic heterocycles. The predicted molar refractivity (Wildman–Crippen MR) is 36.2 cm³/mol. The molecule has 52 valence electrons. The van der Waals surface area contributed by atoms with E-state index >= 15 is 0 Å². The summed E-state index contributed by atoms with van der Waals surface area (Å²) in [5.74, 6) is -2.24. The Morgan fingerprint density at radius 2 is 1.88 bits per heavy atom. The fraction of sp³-hybridized carbons (Fsp3) is 1.00. The van der Waals surface area contributed by atoms with Gasteiger partial charge in [0.1, 0.15) is 0 Å². The van der Waals surface area contributed by atoms with Gasteiger partial charge in [0.2, 0.25) is 0 Å². The van der Waals surface area contributed by atoms with Crippen LogP contribution in [0.5, 0.6) is 0 Å². The average Bonchev–Trinajstić information content (AvgIpc) is 1.67. The van der Waals surface area contributed by atoms with Crippen LogP contribution in [-0.4, -0.2) is 23.5 Å². The fourth-order valence-electron chi connectivity index (χ4n) is 0.0476. The maximum Gasteiger partial charge on any atom is 0.270 e. The summed E-state index contributed by atoms with van der Waals surface area (Å²) in [7, 11) is -1.80. The van der Waals surface area contributed by atoms with Crippen LogP contribution in [0.3, 0.4) is 0 Å². The van der Waals surface area contributed by atoms with Crippen molar-refractivity contribution in [2.75, 3.05) is 17.7 Å². The van der Waals surface area contributed by atoms with E-state index < -0.39 is 15.8 Å².